The van der Waals surface area contributed by atoms with Crippen molar-refractivity contribution in [1.82, 2.24) is 4.98 Å². The molecule has 0 aliphatic heterocycles. The van der Waals surface area contributed by atoms with Crippen LogP contribution in [0, 0.1) is 0 Å². The van der Waals surface area contributed by atoms with Gasteiger partial charge in [0.25, 0.3) is 0 Å². The zero-order valence-electron chi connectivity index (χ0n) is 10.3. The summed E-state index contributed by atoms with van der Waals surface area (Å²) >= 11 is 6.88. The number of halogens is 2. The van der Waals surface area contributed by atoms with Crippen molar-refractivity contribution in [2.75, 3.05) is 5.73 Å². The number of hydrogen-bond donors (Lipinski definition) is 1. The van der Waals surface area contributed by atoms with Crippen LogP contribution in [0.4, 0.5) is 5.69 Å². The van der Waals surface area contributed by atoms with E-state index < -0.39 is 0 Å². The Kier molecular flexibility index (Phi) is 3.63. The van der Waals surface area contributed by atoms with Gasteiger partial charge in [-0.05, 0) is 36.4 Å². The van der Waals surface area contributed by atoms with Crippen LogP contribution in [0.15, 0.2) is 57.6 Å². The molecule has 5 heteroatoms. The molecule has 2 aromatic carbocycles. The molecule has 0 saturated carbocycles. The van der Waals surface area contributed by atoms with Gasteiger partial charge in [0.1, 0.15) is 5.75 Å². The van der Waals surface area contributed by atoms with Gasteiger partial charge in [0, 0.05) is 14.3 Å². The van der Waals surface area contributed by atoms with Gasteiger partial charge in [-0.2, -0.15) is 0 Å². The minimum absolute atomic E-state index is 0.510. The van der Waals surface area contributed by atoms with E-state index in [2.05, 4.69) is 36.8 Å². The smallest absolute Gasteiger partial charge is 0.161 e. The Morgan fingerprint density at radius 1 is 1.00 bits per heavy atom. The molecule has 0 saturated heterocycles. The van der Waals surface area contributed by atoms with Crippen LogP contribution >= 0.6 is 31.9 Å². The number of hydrogen-bond acceptors (Lipinski definition) is 3. The van der Waals surface area contributed by atoms with E-state index in [1.165, 1.54) is 0 Å². The SMILES string of the molecule is Nc1cnc2ccc(Br)cc2c1Oc1cccc(Br)c1. The van der Waals surface area contributed by atoms with Crippen LogP contribution in [-0.4, -0.2) is 4.98 Å². The Bertz CT molecular complexity index is 785. The van der Waals surface area contributed by atoms with Crippen LogP contribution in [0.1, 0.15) is 0 Å². The number of anilines is 1. The molecule has 0 aliphatic carbocycles. The molecule has 2 N–H and O–H groups in total. The summed E-state index contributed by atoms with van der Waals surface area (Å²) in [5.74, 6) is 1.34. The molecule has 0 fully saturated rings. The average Bonchev–Trinajstić information content (AvgIpc) is 2.42. The molecule has 0 atom stereocenters. The van der Waals surface area contributed by atoms with Crippen molar-refractivity contribution < 1.29 is 4.74 Å². The number of nitrogens with two attached hydrogens (primary N) is 1. The fraction of sp³-hybridized carbons (Fsp3) is 0. The molecule has 0 unspecified atom stereocenters. The quantitative estimate of drug-likeness (QED) is 0.656. The Morgan fingerprint density at radius 2 is 1.80 bits per heavy atom. The van der Waals surface area contributed by atoms with Gasteiger partial charge in [0.15, 0.2) is 5.75 Å². The molecule has 0 spiro atoms. The van der Waals surface area contributed by atoms with Gasteiger partial charge in [-0.15, -0.1) is 0 Å². The first kappa shape index (κ1) is 13.4. The number of ether oxygens (including phenoxy) is 1. The third kappa shape index (κ3) is 2.64. The third-order valence-corrected chi connectivity index (χ3v) is 3.81. The Hall–Kier alpha value is -1.59. The second kappa shape index (κ2) is 5.42. The highest BCUT2D eigenvalue weighted by molar-refractivity contribution is 9.10. The van der Waals surface area contributed by atoms with Crippen LogP contribution in [-0.2, 0) is 0 Å². The summed E-state index contributed by atoms with van der Waals surface area (Å²) in [6.07, 6.45) is 1.61. The standard InChI is InChI=1S/C15H10Br2N2O/c16-9-2-1-3-11(6-9)20-15-12-7-10(17)4-5-14(12)19-8-13(15)18/h1-8H,18H2. The normalized spacial score (nSPS) is 10.7. The van der Waals surface area contributed by atoms with E-state index in [0.717, 1.165) is 25.6 Å². The van der Waals surface area contributed by atoms with Crippen molar-refractivity contribution in [1.29, 1.82) is 0 Å². The molecule has 3 rings (SSSR count). The maximum absolute atomic E-state index is 6.01. The number of benzene rings is 2. The topological polar surface area (TPSA) is 48.1 Å². The second-order valence-corrected chi connectivity index (χ2v) is 6.09. The lowest BCUT2D eigenvalue weighted by molar-refractivity contribution is 0.490. The molecule has 0 amide bonds. The fourth-order valence-electron chi connectivity index (χ4n) is 1.92. The van der Waals surface area contributed by atoms with Gasteiger partial charge in [-0.25, -0.2) is 0 Å². The van der Waals surface area contributed by atoms with Crippen molar-refractivity contribution >= 4 is 48.5 Å². The highest BCUT2D eigenvalue weighted by Gasteiger charge is 2.10. The molecule has 3 nitrogen and oxygen atoms in total. The van der Waals surface area contributed by atoms with Gasteiger partial charge in [0.05, 0.1) is 17.4 Å². The first-order chi connectivity index (χ1) is 9.63. The highest BCUT2D eigenvalue weighted by atomic mass is 79.9. The number of nitrogens with zero attached hydrogens (tertiary/aromatic N) is 1. The van der Waals surface area contributed by atoms with E-state index in [9.17, 15) is 0 Å². The maximum Gasteiger partial charge on any atom is 0.161 e. The summed E-state index contributed by atoms with van der Waals surface area (Å²) in [6.45, 7) is 0. The summed E-state index contributed by atoms with van der Waals surface area (Å²) in [5, 5.41) is 0.874. The van der Waals surface area contributed by atoms with E-state index in [1.807, 2.05) is 42.5 Å². The van der Waals surface area contributed by atoms with Crippen molar-refractivity contribution in [3.05, 3.63) is 57.6 Å². The molecule has 20 heavy (non-hydrogen) atoms. The summed E-state index contributed by atoms with van der Waals surface area (Å²) < 4.78 is 7.85. The predicted molar refractivity (Wildman–Crippen MR) is 88.1 cm³/mol. The van der Waals surface area contributed by atoms with Crippen molar-refractivity contribution in [2.45, 2.75) is 0 Å². The van der Waals surface area contributed by atoms with E-state index >= 15 is 0 Å². The van der Waals surface area contributed by atoms with Gasteiger partial charge in [-0.1, -0.05) is 37.9 Å². The van der Waals surface area contributed by atoms with Crippen molar-refractivity contribution in [2.24, 2.45) is 0 Å². The Morgan fingerprint density at radius 3 is 2.60 bits per heavy atom. The summed E-state index contributed by atoms with van der Waals surface area (Å²) in [4.78, 5) is 4.31. The summed E-state index contributed by atoms with van der Waals surface area (Å²) in [5.41, 5.74) is 7.36. The average molecular weight is 394 g/mol. The van der Waals surface area contributed by atoms with Gasteiger partial charge in [0.2, 0.25) is 0 Å². The molecule has 0 radical (unpaired) electrons. The monoisotopic (exact) mass is 392 g/mol. The molecular weight excluding hydrogens is 384 g/mol. The second-order valence-electron chi connectivity index (χ2n) is 4.26. The third-order valence-electron chi connectivity index (χ3n) is 2.82. The number of fused-ring (bicyclic) bond motifs is 1. The zero-order valence-corrected chi connectivity index (χ0v) is 13.5. The van der Waals surface area contributed by atoms with Gasteiger partial charge in [-0.3, -0.25) is 4.98 Å². The maximum atomic E-state index is 6.01. The molecule has 100 valence electrons. The predicted octanol–water partition coefficient (Wildman–Crippen LogP) is 5.13. The van der Waals surface area contributed by atoms with Crippen LogP contribution in [0.3, 0.4) is 0 Å². The molecule has 0 bridgehead atoms. The molecule has 1 aromatic heterocycles. The van der Waals surface area contributed by atoms with Crippen LogP contribution < -0.4 is 10.5 Å². The van der Waals surface area contributed by atoms with Crippen LogP contribution in [0.25, 0.3) is 10.9 Å². The number of rotatable bonds is 2. The highest BCUT2D eigenvalue weighted by Crippen LogP contribution is 2.36. The summed E-state index contributed by atoms with van der Waals surface area (Å²) in [6, 6.07) is 13.4. The lowest BCUT2D eigenvalue weighted by atomic mass is 10.2. The molecule has 0 aliphatic rings. The minimum atomic E-state index is 0.510. The Labute approximate surface area is 133 Å². The number of pyridine rings is 1. The summed E-state index contributed by atoms with van der Waals surface area (Å²) in [7, 11) is 0. The first-order valence-corrected chi connectivity index (χ1v) is 7.49. The van der Waals surface area contributed by atoms with E-state index in [1.54, 1.807) is 6.20 Å². The van der Waals surface area contributed by atoms with Crippen molar-refractivity contribution in [3.63, 3.8) is 0 Å². The molecule has 1 heterocycles. The van der Waals surface area contributed by atoms with Gasteiger partial charge >= 0.3 is 0 Å². The van der Waals surface area contributed by atoms with E-state index in [4.69, 9.17) is 10.5 Å². The van der Waals surface area contributed by atoms with Crippen LogP contribution in [0.5, 0.6) is 11.5 Å². The molecular formula is C15H10Br2N2O. The largest absolute Gasteiger partial charge is 0.454 e. The first-order valence-electron chi connectivity index (χ1n) is 5.90. The zero-order chi connectivity index (χ0) is 14.1. The lowest BCUT2D eigenvalue weighted by Gasteiger charge is -2.11. The van der Waals surface area contributed by atoms with E-state index in [-0.39, 0.29) is 0 Å². The van der Waals surface area contributed by atoms with E-state index in [0.29, 0.717) is 11.4 Å². The minimum Gasteiger partial charge on any atom is -0.454 e. The fourth-order valence-corrected chi connectivity index (χ4v) is 2.66. The molecule has 3 aromatic rings. The lowest BCUT2D eigenvalue weighted by Crippen LogP contribution is -1.95. The number of nitrogen functional groups attached to an aromatic ring is 1. The van der Waals surface area contributed by atoms with Crippen molar-refractivity contribution in [3.8, 4) is 11.5 Å². The number of aromatic nitrogens is 1. The Balaban J connectivity index is 2.14. The van der Waals surface area contributed by atoms with Gasteiger partial charge < -0.3 is 10.5 Å². The van der Waals surface area contributed by atoms with Crippen LogP contribution in [0.2, 0.25) is 0 Å².